The van der Waals surface area contributed by atoms with Crippen LogP contribution in [-0.2, 0) is 22.7 Å². The number of benzene rings is 4. The lowest BCUT2D eigenvalue weighted by molar-refractivity contribution is 0.470. The van der Waals surface area contributed by atoms with E-state index in [1.807, 2.05) is 54.6 Å². The molecule has 0 saturated carbocycles. The number of hydrogen-bond donors (Lipinski definition) is 1. The van der Waals surface area contributed by atoms with E-state index in [-0.39, 0.29) is 0 Å². The summed E-state index contributed by atoms with van der Waals surface area (Å²) in [4.78, 5) is 0.313. The maximum atomic E-state index is 11.6. The lowest BCUT2D eigenvalue weighted by Gasteiger charge is -2.08. The molecule has 0 amide bonds. The maximum absolute atomic E-state index is 11.6. The van der Waals surface area contributed by atoms with Gasteiger partial charge in [-0.2, -0.15) is 0 Å². The fourth-order valence-electron chi connectivity index (χ4n) is 3.47. The third-order valence-corrected chi connectivity index (χ3v) is 6.28. The number of phenols is 1. The second-order valence-corrected chi connectivity index (χ2v) is 9.62. The summed E-state index contributed by atoms with van der Waals surface area (Å²) >= 11 is 0. The summed E-state index contributed by atoms with van der Waals surface area (Å²) in [6.45, 7) is 0. The predicted octanol–water partition coefficient (Wildman–Crippen LogP) is 5.13. The molecule has 1 N–H and O–H groups in total. The molecule has 154 valence electrons. The molecule has 0 aliphatic carbocycles. The highest BCUT2D eigenvalue weighted by Gasteiger charge is 2.07. The molecule has 0 heterocycles. The lowest BCUT2D eigenvalue weighted by Crippen LogP contribution is -1.96. The molecule has 4 heteroatoms. The SMILES string of the molecule is CS(=O)(=O)c1ccc(CC#Cc2ccc3cc(O)c(Cc4ccccc4)cc3c2)cc1. The number of aromatic hydroxyl groups is 1. The highest BCUT2D eigenvalue weighted by molar-refractivity contribution is 7.90. The van der Waals surface area contributed by atoms with Crippen molar-refractivity contribution in [2.45, 2.75) is 17.7 Å². The van der Waals surface area contributed by atoms with Gasteiger partial charge in [0.15, 0.2) is 9.84 Å². The summed E-state index contributed by atoms with van der Waals surface area (Å²) in [6.07, 6.45) is 2.41. The topological polar surface area (TPSA) is 54.4 Å². The van der Waals surface area contributed by atoms with E-state index < -0.39 is 9.84 Å². The minimum Gasteiger partial charge on any atom is -0.508 e. The molecule has 0 radical (unpaired) electrons. The molecule has 0 aromatic heterocycles. The Balaban J connectivity index is 1.54. The van der Waals surface area contributed by atoms with Crippen molar-refractivity contribution in [2.24, 2.45) is 0 Å². The molecule has 0 bridgehead atoms. The molecular weight excluding hydrogens is 404 g/mol. The van der Waals surface area contributed by atoms with Crippen LogP contribution in [0.3, 0.4) is 0 Å². The summed E-state index contributed by atoms with van der Waals surface area (Å²) in [5, 5.41) is 12.4. The minimum absolute atomic E-state index is 0.299. The van der Waals surface area contributed by atoms with Crippen molar-refractivity contribution in [2.75, 3.05) is 6.26 Å². The molecule has 0 fully saturated rings. The van der Waals surface area contributed by atoms with Crippen LogP contribution in [0.15, 0.2) is 89.8 Å². The number of hydrogen-bond acceptors (Lipinski definition) is 3. The molecule has 3 nitrogen and oxygen atoms in total. The molecule has 4 rings (SSSR count). The van der Waals surface area contributed by atoms with Crippen LogP contribution in [0.2, 0.25) is 0 Å². The van der Waals surface area contributed by atoms with Crippen molar-refractivity contribution in [3.63, 3.8) is 0 Å². The molecule has 0 spiro atoms. The van der Waals surface area contributed by atoms with Gasteiger partial charge in [0.05, 0.1) is 4.90 Å². The van der Waals surface area contributed by atoms with Crippen molar-refractivity contribution >= 4 is 20.6 Å². The molecule has 4 aromatic rings. The number of phenolic OH excluding ortho intramolecular Hbond substituents is 1. The molecule has 4 aromatic carbocycles. The van der Waals surface area contributed by atoms with Crippen molar-refractivity contribution < 1.29 is 13.5 Å². The molecule has 0 aliphatic rings. The monoisotopic (exact) mass is 426 g/mol. The van der Waals surface area contributed by atoms with E-state index in [0.29, 0.717) is 23.5 Å². The fourth-order valence-corrected chi connectivity index (χ4v) is 4.10. The smallest absolute Gasteiger partial charge is 0.175 e. The van der Waals surface area contributed by atoms with Crippen LogP contribution in [0.5, 0.6) is 5.75 Å². The number of rotatable bonds is 4. The predicted molar refractivity (Wildman–Crippen MR) is 125 cm³/mol. The average molecular weight is 427 g/mol. The largest absolute Gasteiger partial charge is 0.508 e. The van der Waals surface area contributed by atoms with Crippen LogP contribution in [-0.4, -0.2) is 19.8 Å². The highest BCUT2D eigenvalue weighted by Crippen LogP contribution is 2.27. The second-order valence-electron chi connectivity index (χ2n) is 7.60. The maximum Gasteiger partial charge on any atom is 0.175 e. The third kappa shape index (κ3) is 5.14. The normalized spacial score (nSPS) is 11.1. The Labute approximate surface area is 182 Å². The summed E-state index contributed by atoms with van der Waals surface area (Å²) in [5.74, 6) is 6.64. The van der Waals surface area contributed by atoms with Crippen LogP contribution >= 0.6 is 0 Å². The van der Waals surface area contributed by atoms with Gasteiger partial charge in [0.1, 0.15) is 5.75 Å². The van der Waals surface area contributed by atoms with E-state index in [4.69, 9.17) is 0 Å². The summed E-state index contributed by atoms with van der Waals surface area (Å²) in [5.41, 5.74) is 3.90. The zero-order valence-electron chi connectivity index (χ0n) is 17.2. The molecular formula is C27H22O3S. The fraction of sp³-hybridized carbons (Fsp3) is 0.111. The lowest BCUT2D eigenvalue weighted by atomic mass is 9.99. The van der Waals surface area contributed by atoms with E-state index in [1.165, 1.54) is 6.26 Å². The Hall–Kier alpha value is -3.55. The zero-order chi connectivity index (χ0) is 21.8. The van der Waals surface area contributed by atoms with Gasteiger partial charge in [-0.15, -0.1) is 0 Å². The summed E-state index contributed by atoms with van der Waals surface area (Å²) in [6, 6.07) is 26.7. The van der Waals surface area contributed by atoms with Gasteiger partial charge < -0.3 is 5.11 Å². The summed E-state index contributed by atoms with van der Waals surface area (Å²) < 4.78 is 23.1. The molecule has 0 unspecified atom stereocenters. The first-order valence-corrected chi connectivity index (χ1v) is 11.8. The standard InChI is InChI=1S/C27H22O3S/c1-31(29,30)26-14-11-20(12-15-26)8-5-9-22-10-13-23-19-27(28)25(18-24(23)16-22)17-21-6-3-2-4-7-21/h2-4,6-7,10-16,18-19,28H,8,17H2,1H3. The molecule has 0 atom stereocenters. The van der Waals surface area contributed by atoms with E-state index >= 15 is 0 Å². The number of sulfone groups is 1. The summed E-state index contributed by atoms with van der Waals surface area (Å²) in [7, 11) is -3.18. The van der Waals surface area contributed by atoms with E-state index in [0.717, 1.165) is 33.0 Å². The van der Waals surface area contributed by atoms with E-state index in [2.05, 4.69) is 11.8 Å². The van der Waals surface area contributed by atoms with Crippen LogP contribution in [0.4, 0.5) is 0 Å². The van der Waals surface area contributed by atoms with Crippen LogP contribution in [0, 0.1) is 11.8 Å². The van der Waals surface area contributed by atoms with Gasteiger partial charge in [0.2, 0.25) is 0 Å². The van der Waals surface area contributed by atoms with Crippen molar-refractivity contribution in [3.8, 4) is 17.6 Å². The Morgan fingerprint density at radius 1 is 0.806 bits per heavy atom. The molecule has 31 heavy (non-hydrogen) atoms. The Kier molecular flexibility index (Phi) is 5.79. The van der Waals surface area contributed by atoms with Crippen molar-refractivity contribution in [1.82, 2.24) is 0 Å². The first-order chi connectivity index (χ1) is 14.9. The van der Waals surface area contributed by atoms with Crippen molar-refractivity contribution in [1.29, 1.82) is 0 Å². The quantitative estimate of drug-likeness (QED) is 0.460. The van der Waals surface area contributed by atoms with E-state index in [9.17, 15) is 13.5 Å². The van der Waals surface area contributed by atoms with Crippen LogP contribution in [0.1, 0.15) is 22.3 Å². The highest BCUT2D eigenvalue weighted by atomic mass is 32.2. The van der Waals surface area contributed by atoms with E-state index in [1.54, 1.807) is 30.3 Å². The average Bonchev–Trinajstić information content (AvgIpc) is 2.75. The van der Waals surface area contributed by atoms with Gasteiger partial charge in [-0.05, 0) is 63.9 Å². The Morgan fingerprint density at radius 2 is 1.55 bits per heavy atom. The van der Waals surface area contributed by atoms with Gasteiger partial charge >= 0.3 is 0 Å². The first kappa shape index (κ1) is 20.7. The zero-order valence-corrected chi connectivity index (χ0v) is 18.0. The molecule has 0 saturated heterocycles. The number of fused-ring (bicyclic) bond motifs is 1. The van der Waals surface area contributed by atoms with Gasteiger partial charge in [-0.3, -0.25) is 0 Å². The van der Waals surface area contributed by atoms with Gasteiger partial charge in [-0.25, -0.2) is 8.42 Å². The Bertz CT molecular complexity index is 1390. The van der Waals surface area contributed by atoms with Crippen molar-refractivity contribution in [3.05, 3.63) is 107 Å². The second kappa shape index (κ2) is 8.67. The molecule has 0 aliphatic heterocycles. The van der Waals surface area contributed by atoms with Crippen LogP contribution in [0.25, 0.3) is 10.8 Å². The Morgan fingerprint density at radius 3 is 2.26 bits per heavy atom. The van der Waals surface area contributed by atoms with Gasteiger partial charge in [0.25, 0.3) is 0 Å². The van der Waals surface area contributed by atoms with Gasteiger partial charge in [0, 0.05) is 24.7 Å². The minimum atomic E-state index is -3.18. The first-order valence-electron chi connectivity index (χ1n) is 9.96. The third-order valence-electron chi connectivity index (χ3n) is 5.15. The van der Waals surface area contributed by atoms with Crippen LogP contribution < -0.4 is 0 Å². The van der Waals surface area contributed by atoms with Gasteiger partial charge in [-0.1, -0.05) is 60.4 Å².